The highest BCUT2D eigenvalue weighted by Gasteiger charge is 2.13. The third kappa shape index (κ3) is 1.87. The topological polar surface area (TPSA) is 56.7 Å². The van der Waals surface area contributed by atoms with Crippen LogP contribution in [0, 0.1) is 0 Å². The highest BCUT2D eigenvalue weighted by atomic mass is 32.1. The summed E-state index contributed by atoms with van der Waals surface area (Å²) >= 11 is 1.56. The SMILES string of the molecule is CC(C)c1nc(-c2cnn(C)c2)c(N)s1. The van der Waals surface area contributed by atoms with Crippen molar-refractivity contribution in [3.05, 3.63) is 17.4 Å². The molecule has 0 aliphatic rings. The van der Waals surface area contributed by atoms with Gasteiger partial charge >= 0.3 is 0 Å². The van der Waals surface area contributed by atoms with Crippen LogP contribution >= 0.6 is 11.3 Å². The van der Waals surface area contributed by atoms with E-state index in [1.165, 1.54) is 0 Å². The molecule has 2 rings (SSSR count). The van der Waals surface area contributed by atoms with Gasteiger partial charge in [-0.25, -0.2) is 4.98 Å². The van der Waals surface area contributed by atoms with Gasteiger partial charge < -0.3 is 5.73 Å². The van der Waals surface area contributed by atoms with E-state index in [0.717, 1.165) is 21.3 Å². The number of hydrogen-bond acceptors (Lipinski definition) is 4. The van der Waals surface area contributed by atoms with Crippen molar-refractivity contribution in [2.75, 3.05) is 5.73 Å². The van der Waals surface area contributed by atoms with Crippen LogP contribution in [0.2, 0.25) is 0 Å². The Morgan fingerprint density at radius 1 is 1.47 bits per heavy atom. The molecule has 2 N–H and O–H groups in total. The third-order valence-corrected chi connectivity index (χ3v) is 3.33. The molecule has 5 heteroatoms. The summed E-state index contributed by atoms with van der Waals surface area (Å²) < 4.78 is 1.75. The molecule has 4 nitrogen and oxygen atoms in total. The van der Waals surface area contributed by atoms with E-state index in [2.05, 4.69) is 23.9 Å². The average Bonchev–Trinajstić information content (AvgIpc) is 2.71. The van der Waals surface area contributed by atoms with E-state index in [4.69, 9.17) is 5.73 Å². The van der Waals surface area contributed by atoms with E-state index in [-0.39, 0.29) is 0 Å². The van der Waals surface area contributed by atoms with Gasteiger partial charge in [-0.15, -0.1) is 11.3 Å². The minimum absolute atomic E-state index is 0.419. The number of anilines is 1. The molecule has 0 bridgehead atoms. The maximum atomic E-state index is 5.94. The zero-order valence-electron chi connectivity index (χ0n) is 9.06. The Balaban J connectivity index is 2.44. The predicted molar refractivity (Wildman–Crippen MR) is 62.8 cm³/mol. The van der Waals surface area contributed by atoms with Gasteiger partial charge in [-0.05, 0) is 0 Å². The fraction of sp³-hybridized carbons (Fsp3) is 0.400. The molecule has 0 radical (unpaired) electrons. The fourth-order valence-corrected chi connectivity index (χ4v) is 2.20. The van der Waals surface area contributed by atoms with Gasteiger partial charge in [-0.3, -0.25) is 4.68 Å². The van der Waals surface area contributed by atoms with Crippen LogP contribution in [0.3, 0.4) is 0 Å². The van der Waals surface area contributed by atoms with Crippen molar-refractivity contribution in [3.8, 4) is 11.3 Å². The first kappa shape index (κ1) is 10.2. The van der Waals surface area contributed by atoms with E-state index in [1.54, 1.807) is 22.2 Å². The zero-order chi connectivity index (χ0) is 11.0. The highest BCUT2D eigenvalue weighted by Crippen LogP contribution is 2.33. The maximum absolute atomic E-state index is 5.94. The van der Waals surface area contributed by atoms with Crippen molar-refractivity contribution in [3.63, 3.8) is 0 Å². The molecular weight excluding hydrogens is 208 g/mol. The zero-order valence-corrected chi connectivity index (χ0v) is 9.88. The van der Waals surface area contributed by atoms with Gasteiger partial charge in [0.15, 0.2) is 0 Å². The summed E-state index contributed by atoms with van der Waals surface area (Å²) in [6.45, 7) is 4.23. The summed E-state index contributed by atoms with van der Waals surface area (Å²) in [4.78, 5) is 4.53. The summed E-state index contributed by atoms with van der Waals surface area (Å²) in [5.41, 5.74) is 7.78. The van der Waals surface area contributed by atoms with Crippen LogP contribution in [-0.4, -0.2) is 14.8 Å². The van der Waals surface area contributed by atoms with Gasteiger partial charge in [-0.2, -0.15) is 5.10 Å². The Kier molecular flexibility index (Phi) is 2.48. The quantitative estimate of drug-likeness (QED) is 0.847. The molecule has 0 amide bonds. The Bertz CT molecular complexity index is 469. The molecule has 0 aliphatic carbocycles. The fourth-order valence-electron chi connectivity index (χ4n) is 1.35. The van der Waals surface area contributed by atoms with Crippen molar-refractivity contribution in [1.82, 2.24) is 14.8 Å². The van der Waals surface area contributed by atoms with Crippen LogP contribution in [0.5, 0.6) is 0 Å². The van der Waals surface area contributed by atoms with Gasteiger partial charge in [0.2, 0.25) is 0 Å². The molecular formula is C10H14N4S. The lowest BCUT2D eigenvalue weighted by molar-refractivity contribution is 0.768. The molecule has 80 valence electrons. The van der Waals surface area contributed by atoms with Crippen LogP contribution < -0.4 is 5.73 Å². The maximum Gasteiger partial charge on any atom is 0.114 e. The Morgan fingerprint density at radius 2 is 2.20 bits per heavy atom. The molecule has 0 aliphatic heterocycles. The molecule has 2 heterocycles. The van der Waals surface area contributed by atoms with Crippen molar-refractivity contribution in [1.29, 1.82) is 0 Å². The molecule has 0 fully saturated rings. The lowest BCUT2D eigenvalue weighted by Gasteiger charge is -1.95. The van der Waals surface area contributed by atoms with Crippen LogP contribution in [0.15, 0.2) is 12.4 Å². The van der Waals surface area contributed by atoms with Crippen LogP contribution in [0.25, 0.3) is 11.3 Å². The standard InChI is InChI=1S/C10H14N4S/c1-6(2)10-13-8(9(11)15-10)7-4-12-14(3)5-7/h4-6H,11H2,1-3H3. The summed E-state index contributed by atoms with van der Waals surface area (Å²) in [6, 6.07) is 0. The Hall–Kier alpha value is -1.36. The van der Waals surface area contributed by atoms with E-state index < -0.39 is 0 Å². The van der Waals surface area contributed by atoms with Crippen molar-refractivity contribution < 1.29 is 0 Å². The van der Waals surface area contributed by atoms with Crippen LogP contribution in [0.4, 0.5) is 5.00 Å². The van der Waals surface area contributed by atoms with Gasteiger partial charge in [-0.1, -0.05) is 13.8 Å². The number of nitrogens with zero attached hydrogens (tertiary/aromatic N) is 3. The van der Waals surface area contributed by atoms with E-state index >= 15 is 0 Å². The number of aromatic nitrogens is 3. The molecule has 2 aromatic heterocycles. The molecule has 0 spiro atoms. The smallest absolute Gasteiger partial charge is 0.114 e. The molecule has 0 unspecified atom stereocenters. The van der Waals surface area contributed by atoms with Gasteiger partial charge in [0, 0.05) is 24.7 Å². The monoisotopic (exact) mass is 222 g/mol. The number of rotatable bonds is 2. The first-order valence-electron chi connectivity index (χ1n) is 4.83. The lowest BCUT2D eigenvalue weighted by Crippen LogP contribution is -1.87. The summed E-state index contributed by atoms with van der Waals surface area (Å²) in [5, 5.41) is 5.96. The third-order valence-electron chi connectivity index (χ3n) is 2.14. The van der Waals surface area contributed by atoms with Crippen molar-refractivity contribution in [2.24, 2.45) is 7.05 Å². The van der Waals surface area contributed by atoms with Crippen molar-refractivity contribution in [2.45, 2.75) is 19.8 Å². The highest BCUT2D eigenvalue weighted by molar-refractivity contribution is 7.16. The van der Waals surface area contributed by atoms with E-state index in [1.807, 2.05) is 13.2 Å². The van der Waals surface area contributed by atoms with Gasteiger partial charge in [0.1, 0.15) is 10.7 Å². The van der Waals surface area contributed by atoms with Gasteiger partial charge in [0.25, 0.3) is 0 Å². The molecule has 0 aromatic carbocycles. The average molecular weight is 222 g/mol. The molecule has 2 aromatic rings. The Labute approximate surface area is 92.8 Å². The molecule has 15 heavy (non-hydrogen) atoms. The van der Waals surface area contributed by atoms with Crippen LogP contribution in [0.1, 0.15) is 24.8 Å². The molecule has 0 saturated heterocycles. The second kappa shape index (κ2) is 3.66. The number of nitrogen functional groups attached to an aromatic ring is 1. The first-order chi connectivity index (χ1) is 7.08. The molecule has 0 atom stereocenters. The number of aryl methyl sites for hydroxylation is 1. The number of nitrogens with two attached hydrogens (primary N) is 1. The van der Waals surface area contributed by atoms with Crippen LogP contribution in [-0.2, 0) is 7.05 Å². The Morgan fingerprint density at radius 3 is 2.67 bits per heavy atom. The first-order valence-corrected chi connectivity index (χ1v) is 5.64. The van der Waals surface area contributed by atoms with E-state index in [9.17, 15) is 0 Å². The minimum Gasteiger partial charge on any atom is -0.389 e. The summed E-state index contributed by atoms with van der Waals surface area (Å²) in [5.74, 6) is 0.419. The number of hydrogen-bond donors (Lipinski definition) is 1. The predicted octanol–water partition coefficient (Wildman–Crippen LogP) is 2.25. The summed E-state index contributed by atoms with van der Waals surface area (Å²) in [6.07, 6.45) is 3.71. The number of thiazole rings is 1. The second-order valence-corrected chi connectivity index (χ2v) is 4.88. The van der Waals surface area contributed by atoms with Gasteiger partial charge in [0.05, 0.1) is 11.2 Å². The van der Waals surface area contributed by atoms with E-state index in [0.29, 0.717) is 5.92 Å². The molecule has 0 saturated carbocycles. The second-order valence-electron chi connectivity index (χ2n) is 3.82. The normalized spacial score (nSPS) is 11.2. The summed E-state index contributed by atoms with van der Waals surface area (Å²) in [7, 11) is 1.88. The van der Waals surface area contributed by atoms with Crippen molar-refractivity contribution >= 4 is 16.3 Å². The minimum atomic E-state index is 0.419. The largest absolute Gasteiger partial charge is 0.389 e. The lowest BCUT2D eigenvalue weighted by atomic mass is 10.2.